The van der Waals surface area contributed by atoms with E-state index in [0.29, 0.717) is 6.04 Å². The van der Waals surface area contributed by atoms with Gasteiger partial charge in [0, 0.05) is 6.04 Å². The molecule has 2 rings (SSSR count). The van der Waals surface area contributed by atoms with Gasteiger partial charge in [-0.05, 0) is 49.3 Å². The Labute approximate surface area is 99.3 Å². The van der Waals surface area contributed by atoms with Crippen LogP contribution in [0.1, 0.15) is 37.8 Å². The van der Waals surface area contributed by atoms with Crippen LogP contribution in [0.25, 0.3) is 0 Å². The quantitative estimate of drug-likeness (QED) is 0.817. The van der Waals surface area contributed by atoms with Gasteiger partial charge in [0.15, 0.2) is 0 Å². The third kappa shape index (κ3) is 2.46. The number of aryl methyl sites for hydroxylation is 1. The lowest BCUT2D eigenvalue weighted by molar-refractivity contribution is 0.317. The van der Waals surface area contributed by atoms with Gasteiger partial charge in [0.05, 0.1) is 0 Å². The Hall–Kier alpha value is -0.820. The molecule has 2 atom stereocenters. The van der Waals surface area contributed by atoms with Crippen LogP contribution in [0.4, 0.5) is 0 Å². The van der Waals surface area contributed by atoms with Crippen molar-refractivity contribution in [3.63, 3.8) is 0 Å². The van der Waals surface area contributed by atoms with Crippen molar-refractivity contribution in [2.24, 2.45) is 5.92 Å². The molecule has 0 spiro atoms. The fourth-order valence-electron chi connectivity index (χ4n) is 2.98. The summed E-state index contributed by atoms with van der Waals surface area (Å²) in [5, 5.41) is 3.63. The maximum Gasteiger partial charge on any atom is 0.00958 e. The summed E-state index contributed by atoms with van der Waals surface area (Å²) in [6.45, 7) is 5.60. The van der Waals surface area contributed by atoms with Crippen molar-refractivity contribution < 1.29 is 0 Å². The van der Waals surface area contributed by atoms with Crippen molar-refractivity contribution in [2.75, 3.05) is 6.54 Å². The van der Waals surface area contributed by atoms with Crippen LogP contribution >= 0.6 is 0 Å². The van der Waals surface area contributed by atoms with Crippen molar-refractivity contribution >= 4 is 0 Å². The van der Waals surface area contributed by atoms with Crippen molar-refractivity contribution in [3.05, 3.63) is 35.4 Å². The van der Waals surface area contributed by atoms with Gasteiger partial charge in [0.2, 0.25) is 0 Å². The first kappa shape index (κ1) is 11.7. The molecule has 0 aliphatic heterocycles. The topological polar surface area (TPSA) is 12.0 Å². The second-order valence-electron chi connectivity index (χ2n) is 4.84. The highest BCUT2D eigenvalue weighted by molar-refractivity contribution is 5.29. The number of rotatable bonds is 4. The van der Waals surface area contributed by atoms with Gasteiger partial charge in [-0.25, -0.2) is 0 Å². The molecule has 1 heteroatoms. The summed E-state index contributed by atoms with van der Waals surface area (Å²) in [5.74, 6) is 0.833. The highest BCUT2D eigenvalue weighted by Gasteiger charge is 2.24. The normalized spacial score (nSPS) is 21.5. The van der Waals surface area contributed by atoms with Gasteiger partial charge in [0.1, 0.15) is 0 Å². The summed E-state index contributed by atoms with van der Waals surface area (Å²) in [5.41, 5.74) is 3.15. The predicted octanol–water partition coefficient (Wildman–Crippen LogP) is 3.18. The Bertz CT molecular complexity index is 332. The fourth-order valence-corrected chi connectivity index (χ4v) is 2.98. The molecule has 0 saturated heterocycles. The van der Waals surface area contributed by atoms with E-state index in [1.807, 2.05) is 0 Å². The molecule has 1 aromatic carbocycles. The summed E-state index contributed by atoms with van der Waals surface area (Å²) in [6.07, 6.45) is 5.13. The second kappa shape index (κ2) is 5.49. The monoisotopic (exact) mass is 217 g/mol. The van der Waals surface area contributed by atoms with Crippen LogP contribution in [0.2, 0.25) is 0 Å². The number of hydrogen-bond acceptors (Lipinski definition) is 1. The first-order valence-corrected chi connectivity index (χ1v) is 6.65. The third-order valence-corrected chi connectivity index (χ3v) is 3.86. The Kier molecular flexibility index (Phi) is 4.00. The average molecular weight is 217 g/mol. The highest BCUT2D eigenvalue weighted by Crippen LogP contribution is 2.28. The molecule has 1 aliphatic rings. The molecule has 0 heterocycles. The van der Waals surface area contributed by atoms with Gasteiger partial charge in [-0.2, -0.15) is 0 Å². The summed E-state index contributed by atoms with van der Waals surface area (Å²) < 4.78 is 0. The zero-order valence-electron chi connectivity index (χ0n) is 10.5. The van der Waals surface area contributed by atoms with E-state index in [-0.39, 0.29) is 0 Å². The molecular formula is C15H23N. The van der Waals surface area contributed by atoms with E-state index in [1.54, 1.807) is 11.1 Å². The smallest absolute Gasteiger partial charge is 0.00958 e. The minimum Gasteiger partial charge on any atom is -0.314 e. The Morgan fingerprint density at radius 3 is 2.69 bits per heavy atom. The number of fused-ring (bicyclic) bond motifs is 1. The molecule has 1 N–H and O–H groups in total. The molecule has 0 aromatic heterocycles. The Balaban J connectivity index is 2.06. The zero-order valence-corrected chi connectivity index (χ0v) is 10.5. The molecule has 0 saturated carbocycles. The maximum absolute atomic E-state index is 3.63. The van der Waals surface area contributed by atoms with Gasteiger partial charge >= 0.3 is 0 Å². The lowest BCUT2D eigenvalue weighted by atomic mass is 9.79. The molecular weight excluding hydrogens is 194 g/mol. The van der Waals surface area contributed by atoms with E-state index in [0.717, 1.165) is 12.5 Å². The van der Waals surface area contributed by atoms with Crippen molar-refractivity contribution in [3.8, 4) is 0 Å². The van der Waals surface area contributed by atoms with Gasteiger partial charge < -0.3 is 5.32 Å². The van der Waals surface area contributed by atoms with Crippen LogP contribution < -0.4 is 5.32 Å². The van der Waals surface area contributed by atoms with Crippen molar-refractivity contribution in [1.82, 2.24) is 5.32 Å². The van der Waals surface area contributed by atoms with Gasteiger partial charge in [-0.1, -0.05) is 38.1 Å². The minimum absolute atomic E-state index is 0.707. The molecule has 88 valence electrons. The third-order valence-electron chi connectivity index (χ3n) is 3.86. The summed E-state index contributed by atoms with van der Waals surface area (Å²) >= 11 is 0. The largest absolute Gasteiger partial charge is 0.314 e. The zero-order chi connectivity index (χ0) is 11.4. The summed E-state index contributed by atoms with van der Waals surface area (Å²) in [4.78, 5) is 0. The molecule has 0 amide bonds. The second-order valence-corrected chi connectivity index (χ2v) is 4.84. The van der Waals surface area contributed by atoms with Crippen LogP contribution in [0.15, 0.2) is 24.3 Å². The molecule has 0 radical (unpaired) electrons. The SMILES string of the molecule is CCNC(CC)C1CCc2ccccc2C1. The average Bonchev–Trinajstić information content (AvgIpc) is 2.35. The maximum atomic E-state index is 3.63. The lowest BCUT2D eigenvalue weighted by Gasteiger charge is -2.31. The standard InChI is InChI=1S/C15H23N/c1-3-15(16-4-2)14-10-9-12-7-5-6-8-13(12)11-14/h5-8,14-16H,3-4,9-11H2,1-2H3. The molecule has 1 aromatic rings. The summed E-state index contributed by atoms with van der Waals surface area (Å²) in [7, 11) is 0. The highest BCUT2D eigenvalue weighted by atomic mass is 14.9. The number of benzene rings is 1. The predicted molar refractivity (Wildman–Crippen MR) is 69.7 cm³/mol. The van der Waals surface area contributed by atoms with Gasteiger partial charge in [-0.3, -0.25) is 0 Å². The van der Waals surface area contributed by atoms with Crippen molar-refractivity contribution in [2.45, 2.75) is 45.6 Å². The van der Waals surface area contributed by atoms with Crippen LogP contribution in [-0.4, -0.2) is 12.6 Å². The Morgan fingerprint density at radius 1 is 1.25 bits per heavy atom. The van der Waals surface area contributed by atoms with E-state index in [4.69, 9.17) is 0 Å². The molecule has 16 heavy (non-hydrogen) atoms. The molecule has 2 unspecified atom stereocenters. The molecule has 1 nitrogen and oxygen atoms in total. The van der Waals surface area contributed by atoms with Crippen LogP contribution in [-0.2, 0) is 12.8 Å². The van der Waals surface area contributed by atoms with E-state index < -0.39 is 0 Å². The molecule has 1 aliphatic carbocycles. The minimum atomic E-state index is 0.707. The van der Waals surface area contributed by atoms with E-state index >= 15 is 0 Å². The lowest BCUT2D eigenvalue weighted by Crippen LogP contribution is -2.38. The van der Waals surface area contributed by atoms with E-state index in [9.17, 15) is 0 Å². The molecule has 0 bridgehead atoms. The van der Waals surface area contributed by atoms with Crippen LogP contribution in [0.5, 0.6) is 0 Å². The van der Waals surface area contributed by atoms with Crippen LogP contribution in [0, 0.1) is 5.92 Å². The molecule has 0 fully saturated rings. The van der Waals surface area contributed by atoms with E-state index in [1.165, 1.54) is 25.7 Å². The number of nitrogens with one attached hydrogen (secondary N) is 1. The van der Waals surface area contributed by atoms with E-state index in [2.05, 4.69) is 43.4 Å². The first-order chi connectivity index (χ1) is 7.85. The summed E-state index contributed by atoms with van der Waals surface area (Å²) in [6, 6.07) is 9.65. The van der Waals surface area contributed by atoms with Gasteiger partial charge in [-0.15, -0.1) is 0 Å². The number of hydrogen-bond donors (Lipinski definition) is 1. The first-order valence-electron chi connectivity index (χ1n) is 6.65. The van der Waals surface area contributed by atoms with Crippen molar-refractivity contribution in [1.29, 1.82) is 0 Å². The van der Waals surface area contributed by atoms with Gasteiger partial charge in [0.25, 0.3) is 0 Å². The van der Waals surface area contributed by atoms with Crippen LogP contribution in [0.3, 0.4) is 0 Å². The Morgan fingerprint density at radius 2 is 2.00 bits per heavy atom. The fraction of sp³-hybridized carbons (Fsp3) is 0.600.